The molecule has 0 aliphatic heterocycles. The topological polar surface area (TPSA) is 117 Å². The van der Waals surface area contributed by atoms with E-state index in [1.807, 2.05) is 6.92 Å². The highest BCUT2D eigenvalue weighted by atomic mass is 35.5. The van der Waals surface area contributed by atoms with Crippen LogP contribution in [0.4, 0.5) is 11.4 Å². The number of hydrogen-bond donors (Lipinski definition) is 1. The van der Waals surface area contributed by atoms with Gasteiger partial charge in [-0.2, -0.15) is 0 Å². The molecule has 1 N–H and O–H groups in total. The van der Waals surface area contributed by atoms with E-state index in [9.17, 15) is 19.7 Å². The number of benzene rings is 2. The molecule has 0 aliphatic carbocycles. The maximum atomic E-state index is 11.8. The summed E-state index contributed by atoms with van der Waals surface area (Å²) < 4.78 is 15.4. The zero-order valence-corrected chi connectivity index (χ0v) is 15.6. The largest absolute Gasteiger partial charge is 0.494 e. The van der Waals surface area contributed by atoms with Crippen molar-refractivity contribution in [1.29, 1.82) is 0 Å². The van der Waals surface area contributed by atoms with E-state index < -0.39 is 23.4 Å². The lowest BCUT2D eigenvalue weighted by Gasteiger charge is -2.09. The number of amides is 1. The second kappa shape index (κ2) is 10.1. The van der Waals surface area contributed by atoms with Gasteiger partial charge in [0.2, 0.25) is 0 Å². The van der Waals surface area contributed by atoms with Gasteiger partial charge in [0, 0.05) is 12.1 Å². The number of nitrogens with zero attached hydrogens (tertiary/aromatic N) is 1. The summed E-state index contributed by atoms with van der Waals surface area (Å²) in [5.41, 5.74) is -0.0418. The average molecular weight is 409 g/mol. The summed E-state index contributed by atoms with van der Waals surface area (Å²) in [5.74, 6) is -0.259. The van der Waals surface area contributed by atoms with Crippen LogP contribution in [0.5, 0.6) is 11.5 Å². The predicted octanol–water partition coefficient (Wildman–Crippen LogP) is 3.21. The number of carbonyl (C=O) groups excluding carboxylic acids is 2. The number of non-ortho nitro benzene ring substituents is 1. The lowest BCUT2D eigenvalue weighted by Crippen LogP contribution is -2.23. The molecule has 10 heteroatoms. The molecule has 0 fully saturated rings. The molecule has 2 aromatic rings. The molecule has 28 heavy (non-hydrogen) atoms. The monoisotopic (exact) mass is 408 g/mol. The number of carbonyl (C=O) groups is 2. The molecule has 0 bridgehead atoms. The van der Waals surface area contributed by atoms with Crippen LogP contribution in [0.3, 0.4) is 0 Å². The fraction of sp³-hybridized carbons (Fsp3) is 0.222. The van der Waals surface area contributed by atoms with Crippen molar-refractivity contribution < 1.29 is 28.7 Å². The van der Waals surface area contributed by atoms with E-state index >= 15 is 0 Å². The number of nitro groups is 1. The molecule has 2 aromatic carbocycles. The highest BCUT2D eigenvalue weighted by Gasteiger charge is 2.13. The van der Waals surface area contributed by atoms with Crippen LogP contribution in [0, 0.1) is 10.1 Å². The first-order chi connectivity index (χ1) is 13.4. The number of nitrogens with one attached hydrogen (secondary N) is 1. The van der Waals surface area contributed by atoms with Crippen LogP contribution in [0.1, 0.15) is 6.92 Å². The van der Waals surface area contributed by atoms with Crippen LogP contribution in [0.25, 0.3) is 0 Å². The fourth-order valence-corrected chi connectivity index (χ4v) is 2.26. The van der Waals surface area contributed by atoms with Crippen LogP contribution in [0.15, 0.2) is 42.5 Å². The minimum atomic E-state index is -0.737. The standard InChI is InChI=1S/C18H17ClN2O7/c1-2-26-13-4-6-14(7-5-13)27-11-18(23)28-10-17(22)20-16-8-3-12(21(24)25)9-15(16)19/h3-9H,2,10-11H2,1H3,(H,20,22). The summed E-state index contributed by atoms with van der Waals surface area (Å²) in [6.07, 6.45) is 0. The van der Waals surface area contributed by atoms with Gasteiger partial charge in [0.05, 0.1) is 22.2 Å². The van der Waals surface area contributed by atoms with Crippen molar-refractivity contribution in [2.45, 2.75) is 6.92 Å². The SMILES string of the molecule is CCOc1ccc(OCC(=O)OCC(=O)Nc2ccc([N+](=O)[O-])cc2Cl)cc1. The van der Waals surface area contributed by atoms with Gasteiger partial charge < -0.3 is 19.5 Å². The highest BCUT2D eigenvalue weighted by molar-refractivity contribution is 6.34. The lowest BCUT2D eigenvalue weighted by molar-refractivity contribution is -0.384. The summed E-state index contributed by atoms with van der Waals surface area (Å²) in [6, 6.07) is 10.3. The highest BCUT2D eigenvalue weighted by Crippen LogP contribution is 2.26. The molecule has 0 saturated carbocycles. The third kappa shape index (κ3) is 6.44. The third-order valence-electron chi connectivity index (χ3n) is 3.29. The number of anilines is 1. The predicted molar refractivity (Wildman–Crippen MR) is 101 cm³/mol. The van der Waals surface area contributed by atoms with Gasteiger partial charge >= 0.3 is 5.97 Å². The van der Waals surface area contributed by atoms with Crippen LogP contribution >= 0.6 is 11.6 Å². The molecule has 9 nitrogen and oxygen atoms in total. The quantitative estimate of drug-likeness (QED) is 0.384. The Labute approximate surface area is 165 Å². The Morgan fingerprint density at radius 3 is 2.29 bits per heavy atom. The minimum absolute atomic E-state index is 0.00675. The van der Waals surface area contributed by atoms with Crippen LogP contribution in [-0.4, -0.2) is 36.6 Å². The van der Waals surface area contributed by atoms with Gasteiger partial charge in [-0.3, -0.25) is 14.9 Å². The van der Waals surface area contributed by atoms with E-state index in [1.54, 1.807) is 24.3 Å². The Morgan fingerprint density at radius 1 is 1.07 bits per heavy atom. The molecule has 0 aromatic heterocycles. The van der Waals surface area contributed by atoms with Crippen LogP contribution in [0.2, 0.25) is 5.02 Å². The third-order valence-corrected chi connectivity index (χ3v) is 3.61. The second-order valence-corrected chi connectivity index (χ2v) is 5.73. The van der Waals surface area contributed by atoms with Crippen molar-refractivity contribution >= 4 is 34.9 Å². The number of nitro benzene ring substituents is 1. The van der Waals surface area contributed by atoms with Crippen molar-refractivity contribution in [3.8, 4) is 11.5 Å². The summed E-state index contributed by atoms with van der Waals surface area (Å²) >= 11 is 5.87. The zero-order valence-electron chi connectivity index (χ0n) is 14.8. The van der Waals surface area contributed by atoms with Gasteiger partial charge in [0.1, 0.15) is 11.5 Å². The molecule has 0 heterocycles. The zero-order chi connectivity index (χ0) is 20.5. The lowest BCUT2D eigenvalue weighted by atomic mass is 10.3. The summed E-state index contributed by atoms with van der Waals surface area (Å²) in [7, 11) is 0. The van der Waals surface area contributed by atoms with Gasteiger partial charge in [-0.15, -0.1) is 0 Å². The van der Waals surface area contributed by atoms with E-state index in [0.717, 1.165) is 6.07 Å². The number of ether oxygens (including phenoxy) is 3. The number of halogens is 1. The van der Waals surface area contributed by atoms with Crippen LogP contribution < -0.4 is 14.8 Å². The molecule has 0 unspecified atom stereocenters. The Kier molecular flexibility index (Phi) is 7.58. The summed E-state index contributed by atoms with van der Waals surface area (Å²) in [5, 5.41) is 13.0. The van der Waals surface area contributed by atoms with E-state index in [2.05, 4.69) is 5.32 Å². The Bertz CT molecular complexity index is 856. The number of rotatable bonds is 9. The Hall–Kier alpha value is -3.33. The molecule has 0 saturated heterocycles. The molecule has 148 valence electrons. The maximum absolute atomic E-state index is 11.8. The summed E-state index contributed by atoms with van der Waals surface area (Å²) in [6.45, 7) is 1.48. The number of hydrogen-bond acceptors (Lipinski definition) is 7. The van der Waals surface area contributed by atoms with E-state index in [-0.39, 0.29) is 23.0 Å². The van der Waals surface area contributed by atoms with Gasteiger partial charge in [0.25, 0.3) is 11.6 Å². The first-order valence-corrected chi connectivity index (χ1v) is 8.52. The van der Waals surface area contributed by atoms with Crippen molar-refractivity contribution in [2.75, 3.05) is 25.1 Å². The summed E-state index contributed by atoms with van der Waals surface area (Å²) in [4.78, 5) is 33.6. The van der Waals surface area contributed by atoms with Crippen molar-refractivity contribution in [1.82, 2.24) is 0 Å². The van der Waals surface area contributed by atoms with Crippen molar-refractivity contribution in [3.05, 3.63) is 57.6 Å². The van der Waals surface area contributed by atoms with E-state index in [4.69, 9.17) is 25.8 Å². The van der Waals surface area contributed by atoms with Gasteiger partial charge in [-0.1, -0.05) is 11.6 Å². The van der Waals surface area contributed by atoms with E-state index in [1.165, 1.54) is 12.1 Å². The van der Waals surface area contributed by atoms with Gasteiger partial charge in [-0.05, 0) is 37.3 Å². The Balaban J connectivity index is 1.76. The first-order valence-electron chi connectivity index (χ1n) is 8.14. The first kappa shape index (κ1) is 21.0. The molecule has 0 aliphatic rings. The number of esters is 1. The van der Waals surface area contributed by atoms with Crippen LogP contribution in [-0.2, 0) is 14.3 Å². The maximum Gasteiger partial charge on any atom is 0.344 e. The van der Waals surface area contributed by atoms with Gasteiger partial charge in [-0.25, -0.2) is 4.79 Å². The van der Waals surface area contributed by atoms with Gasteiger partial charge in [0.15, 0.2) is 13.2 Å². The van der Waals surface area contributed by atoms with Crippen molar-refractivity contribution in [2.24, 2.45) is 0 Å². The van der Waals surface area contributed by atoms with Crippen molar-refractivity contribution in [3.63, 3.8) is 0 Å². The molecule has 0 spiro atoms. The Morgan fingerprint density at radius 2 is 1.71 bits per heavy atom. The molecule has 1 amide bonds. The average Bonchev–Trinajstić information content (AvgIpc) is 2.67. The molecule has 0 atom stereocenters. The fourth-order valence-electron chi connectivity index (χ4n) is 2.03. The minimum Gasteiger partial charge on any atom is -0.494 e. The smallest absolute Gasteiger partial charge is 0.344 e. The molecular formula is C18H17ClN2O7. The normalized spacial score (nSPS) is 10.1. The molecular weight excluding hydrogens is 392 g/mol. The molecule has 0 radical (unpaired) electrons. The molecule has 2 rings (SSSR count). The second-order valence-electron chi connectivity index (χ2n) is 5.32. The van der Waals surface area contributed by atoms with E-state index in [0.29, 0.717) is 18.1 Å².